The number of carbonyl (C=O) groups excluding carboxylic acids is 2. The molecular weight excluding hydrogens is 435 g/mol. The van der Waals surface area contributed by atoms with Crippen LogP contribution in [-0.2, 0) is 9.59 Å². The van der Waals surface area contributed by atoms with Gasteiger partial charge >= 0.3 is 0 Å². The number of ether oxygens (including phenoxy) is 1. The van der Waals surface area contributed by atoms with E-state index in [1.54, 1.807) is 25.1 Å². The average molecular weight is 461 g/mol. The molecule has 1 saturated heterocycles. The Morgan fingerprint density at radius 2 is 1.94 bits per heavy atom. The highest BCUT2D eigenvalue weighted by molar-refractivity contribution is 6.46. The summed E-state index contributed by atoms with van der Waals surface area (Å²) in [5.41, 5.74) is 0.839. The van der Waals surface area contributed by atoms with Gasteiger partial charge in [0, 0.05) is 12.1 Å². The van der Waals surface area contributed by atoms with E-state index in [1.165, 1.54) is 30.2 Å². The summed E-state index contributed by atoms with van der Waals surface area (Å²) in [6.07, 6.45) is 0.574. The second-order valence-electron chi connectivity index (χ2n) is 8.00. The van der Waals surface area contributed by atoms with Gasteiger partial charge in [-0.1, -0.05) is 29.8 Å². The Morgan fingerprint density at radius 3 is 2.56 bits per heavy atom. The van der Waals surface area contributed by atoms with Crippen molar-refractivity contribution in [2.75, 3.05) is 34.3 Å². The van der Waals surface area contributed by atoms with E-state index in [0.29, 0.717) is 13.0 Å². The van der Waals surface area contributed by atoms with Crippen LogP contribution in [0.1, 0.15) is 29.2 Å². The molecular formula is C24H26ClFN2O4. The molecule has 3 rings (SSSR count). The van der Waals surface area contributed by atoms with Crippen molar-refractivity contribution < 1.29 is 23.8 Å². The van der Waals surface area contributed by atoms with Crippen LogP contribution >= 0.6 is 11.6 Å². The standard InChI is InChI=1S/C24H26ClFN2O4/c1-14-12-16(23(32-4)17(25)13-14)21(29)19-20(15-8-5-6-9-18(15)26)28(24(31)22(19)30)11-7-10-27(2)3/h5-6,8-9,12-13,20,29H,7,10-11H2,1-4H3/b21-19+. The molecule has 2 aromatic carbocycles. The lowest BCUT2D eigenvalue weighted by Crippen LogP contribution is -2.32. The number of aliphatic hydroxyl groups is 1. The first kappa shape index (κ1) is 23.8. The maximum absolute atomic E-state index is 14.8. The fourth-order valence-electron chi connectivity index (χ4n) is 3.95. The lowest BCUT2D eigenvalue weighted by atomic mass is 9.94. The molecule has 1 aliphatic rings. The van der Waals surface area contributed by atoms with Gasteiger partial charge in [-0.2, -0.15) is 0 Å². The highest BCUT2D eigenvalue weighted by atomic mass is 35.5. The number of benzene rings is 2. The van der Waals surface area contributed by atoms with Crippen molar-refractivity contribution in [1.82, 2.24) is 9.80 Å². The zero-order valence-electron chi connectivity index (χ0n) is 18.5. The number of aliphatic hydroxyl groups excluding tert-OH is 1. The molecule has 0 saturated carbocycles. The molecule has 1 heterocycles. The molecule has 1 aliphatic heterocycles. The van der Waals surface area contributed by atoms with Crippen molar-refractivity contribution >= 4 is 29.1 Å². The summed E-state index contributed by atoms with van der Waals surface area (Å²) in [7, 11) is 5.19. The number of halogens is 2. The first-order valence-corrected chi connectivity index (χ1v) is 10.6. The van der Waals surface area contributed by atoms with Gasteiger partial charge in [0.25, 0.3) is 11.7 Å². The number of aryl methyl sites for hydroxylation is 1. The first-order valence-electron chi connectivity index (χ1n) is 10.2. The van der Waals surface area contributed by atoms with Crippen LogP contribution in [0.3, 0.4) is 0 Å². The number of likely N-dealkylation sites (tertiary alicyclic amines) is 1. The number of hydrogen-bond donors (Lipinski definition) is 1. The summed E-state index contributed by atoms with van der Waals surface area (Å²) < 4.78 is 20.2. The molecule has 1 atom stereocenters. The summed E-state index contributed by atoms with van der Waals surface area (Å²) in [4.78, 5) is 29.3. The van der Waals surface area contributed by atoms with E-state index in [9.17, 15) is 19.1 Å². The van der Waals surface area contributed by atoms with Crippen LogP contribution in [0.4, 0.5) is 4.39 Å². The van der Waals surface area contributed by atoms with Gasteiger partial charge in [-0.3, -0.25) is 9.59 Å². The van der Waals surface area contributed by atoms with Crippen LogP contribution in [0.25, 0.3) is 5.76 Å². The van der Waals surface area contributed by atoms with Crippen LogP contribution in [0.2, 0.25) is 5.02 Å². The van der Waals surface area contributed by atoms with Gasteiger partial charge < -0.3 is 19.6 Å². The quantitative estimate of drug-likeness (QED) is 0.381. The van der Waals surface area contributed by atoms with Crippen LogP contribution < -0.4 is 4.74 Å². The van der Waals surface area contributed by atoms with E-state index in [0.717, 1.165) is 5.56 Å². The Hall–Kier alpha value is -2.90. The Labute approximate surface area is 191 Å². The van der Waals surface area contributed by atoms with E-state index in [1.807, 2.05) is 19.0 Å². The lowest BCUT2D eigenvalue weighted by molar-refractivity contribution is -0.140. The minimum atomic E-state index is -1.07. The molecule has 1 unspecified atom stereocenters. The molecule has 1 fully saturated rings. The normalized spacial score (nSPS) is 18.0. The molecule has 1 N–H and O–H groups in total. The SMILES string of the molecule is COc1c(Cl)cc(C)cc1/C(O)=C1\C(=O)C(=O)N(CCCN(C)C)C1c1ccccc1F. The Kier molecular flexibility index (Phi) is 7.21. The number of nitrogens with zero attached hydrogens (tertiary/aromatic N) is 2. The van der Waals surface area contributed by atoms with Gasteiger partial charge in [0.05, 0.1) is 29.3 Å². The Bertz CT molecular complexity index is 1080. The van der Waals surface area contributed by atoms with Crippen molar-refractivity contribution in [1.29, 1.82) is 0 Å². The number of ketones is 1. The van der Waals surface area contributed by atoms with E-state index in [-0.39, 0.29) is 34.0 Å². The second kappa shape index (κ2) is 9.71. The third-order valence-electron chi connectivity index (χ3n) is 5.39. The molecule has 170 valence electrons. The van der Waals surface area contributed by atoms with Gasteiger partial charge in [0.15, 0.2) is 0 Å². The predicted molar refractivity (Wildman–Crippen MR) is 121 cm³/mol. The van der Waals surface area contributed by atoms with Crippen LogP contribution in [0, 0.1) is 12.7 Å². The van der Waals surface area contributed by atoms with E-state index in [2.05, 4.69) is 0 Å². The van der Waals surface area contributed by atoms with Crippen LogP contribution in [0.5, 0.6) is 5.75 Å². The summed E-state index contributed by atoms with van der Waals surface area (Å²) in [6, 6.07) is 8.13. The van der Waals surface area contributed by atoms with Crippen LogP contribution in [0.15, 0.2) is 42.0 Å². The molecule has 0 radical (unpaired) electrons. The van der Waals surface area contributed by atoms with E-state index in [4.69, 9.17) is 16.3 Å². The van der Waals surface area contributed by atoms with Gasteiger partial charge in [0.1, 0.15) is 17.3 Å². The molecule has 32 heavy (non-hydrogen) atoms. The van der Waals surface area contributed by atoms with Crippen molar-refractivity contribution in [2.45, 2.75) is 19.4 Å². The summed E-state index contributed by atoms with van der Waals surface area (Å²) in [5, 5.41) is 11.5. The minimum absolute atomic E-state index is 0.135. The number of rotatable bonds is 7. The third kappa shape index (κ3) is 4.49. The summed E-state index contributed by atoms with van der Waals surface area (Å²) >= 11 is 6.27. The Morgan fingerprint density at radius 1 is 1.25 bits per heavy atom. The van der Waals surface area contributed by atoms with Crippen molar-refractivity contribution in [3.8, 4) is 5.75 Å². The predicted octanol–water partition coefficient (Wildman–Crippen LogP) is 4.17. The first-order chi connectivity index (χ1) is 15.2. The molecule has 1 amide bonds. The largest absolute Gasteiger partial charge is 0.507 e. The minimum Gasteiger partial charge on any atom is -0.507 e. The van der Waals surface area contributed by atoms with E-state index >= 15 is 0 Å². The van der Waals surface area contributed by atoms with Gasteiger partial charge in [0.2, 0.25) is 0 Å². The zero-order chi connectivity index (χ0) is 23.6. The average Bonchev–Trinajstić information content (AvgIpc) is 2.97. The van der Waals surface area contributed by atoms with Gasteiger partial charge in [-0.05, 0) is 57.7 Å². The maximum atomic E-state index is 14.8. The summed E-state index contributed by atoms with van der Waals surface area (Å²) in [5.74, 6) is -2.51. The number of carbonyl (C=O) groups is 2. The maximum Gasteiger partial charge on any atom is 0.295 e. The number of amides is 1. The molecule has 0 spiro atoms. The fourth-order valence-corrected chi connectivity index (χ4v) is 4.30. The highest BCUT2D eigenvalue weighted by Crippen LogP contribution is 2.43. The van der Waals surface area contributed by atoms with Crippen molar-refractivity contribution in [2.24, 2.45) is 0 Å². The molecule has 2 aromatic rings. The van der Waals surface area contributed by atoms with Crippen molar-refractivity contribution in [3.05, 3.63) is 69.5 Å². The molecule has 0 aromatic heterocycles. The Balaban J connectivity index is 2.21. The smallest absolute Gasteiger partial charge is 0.295 e. The summed E-state index contributed by atoms with van der Waals surface area (Å²) in [6.45, 7) is 2.68. The number of hydrogen-bond acceptors (Lipinski definition) is 5. The topological polar surface area (TPSA) is 70.1 Å². The molecule has 0 aliphatic carbocycles. The fraction of sp³-hybridized carbons (Fsp3) is 0.333. The molecule has 8 heteroatoms. The number of Topliss-reactive ketones (excluding diaryl/α,β-unsaturated/α-hetero) is 1. The molecule has 6 nitrogen and oxygen atoms in total. The monoisotopic (exact) mass is 460 g/mol. The zero-order valence-corrected chi connectivity index (χ0v) is 19.2. The second-order valence-corrected chi connectivity index (χ2v) is 8.41. The van der Waals surface area contributed by atoms with Gasteiger partial charge in [-0.15, -0.1) is 0 Å². The lowest BCUT2D eigenvalue weighted by Gasteiger charge is -2.26. The van der Waals surface area contributed by atoms with E-state index < -0.39 is 29.3 Å². The third-order valence-corrected chi connectivity index (χ3v) is 5.67. The van der Waals surface area contributed by atoms with Gasteiger partial charge in [-0.25, -0.2) is 4.39 Å². The van der Waals surface area contributed by atoms with Crippen LogP contribution in [-0.4, -0.2) is 60.9 Å². The molecule has 0 bridgehead atoms. The van der Waals surface area contributed by atoms with Crippen molar-refractivity contribution in [3.63, 3.8) is 0 Å². The highest BCUT2D eigenvalue weighted by Gasteiger charge is 2.47. The number of methoxy groups -OCH3 is 1.